The number of aromatic nitrogens is 3. The number of primary amides is 1. The third kappa shape index (κ3) is 1.95. The number of hydrogen-bond acceptors (Lipinski definition) is 4. The van der Waals surface area contributed by atoms with E-state index >= 15 is 0 Å². The molecule has 1 unspecified atom stereocenters. The van der Waals surface area contributed by atoms with Crippen molar-refractivity contribution in [3.8, 4) is 0 Å². The number of nitrogens with zero attached hydrogens (tertiary/aromatic N) is 3. The van der Waals surface area contributed by atoms with Crippen LogP contribution in [0.15, 0.2) is 6.33 Å². The van der Waals surface area contributed by atoms with Gasteiger partial charge in [-0.3, -0.25) is 14.9 Å². The summed E-state index contributed by atoms with van der Waals surface area (Å²) in [6.45, 7) is 0.453. The minimum absolute atomic E-state index is 0.128. The van der Waals surface area contributed by atoms with Crippen molar-refractivity contribution in [3.05, 3.63) is 6.33 Å². The van der Waals surface area contributed by atoms with Crippen molar-refractivity contribution in [2.45, 2.75) is 19.4 Å². The lowest BCUT2D eigenvalue weighted by molar-refractivity contribution is -0.122. The van der Waals surface area contributed by atoms with Crippen LogP contribution in [0.25, 0.3) is 0 Å². The quantitative estimate of drug-likeness (QED) is 0.674. The first-order valence-corrected chi connectivity index (χ1v) is 4.64. The van der Waals surface area contributed by atoms with Gasteiger partial charge in [-0.1, -0.05) is 0 Å². The number of hydrogen-bond donors (Lipinski definition) is 2. The summed E-state index contributed by atoms with van der Waals surface area (Å²) in [6.07, 6.45) is 2.04. The lowest BCUT2D eigenvalue weighted by Crippen LogP contribution is -2.34. The molecule has 1 aliphatic rings. The normalized spacial score (nSPS) is 19.5. The van der Waals surface area contributed by atoms with Gasteiger partial charge in [0.15, 0.2) is 0 Å². The van der Waals surface area contributed by atoms with Gasteiger partial charge in [0, 0.05) is 6.42 Å². The lowest BCUT2D eigenvalue weighted by Gasteiger charge is -2.21. The van der Waals surface area contributed by atoms with Gasteiger partial charge in [0.05, 0.1) is 12.5 Å². The van der Waals surface area contributed by atoms with E-state index in [1.54, 1.807) is 4.68 Å². The highest BCUT2D eigenvalue weighted by atomic mass is 16.2. The molecular formula is C8H11N5O2. The highest BCUT2D eigenvalue weighted by Gasteiger charge is 2.27. The molecule has 0 saturated heterocycles. The van der Waals surface area contributed by atoms with Crippen LogP contribution in [-0.4, -0.2) is 26.6 Å². The largest absolute Gasteiger partial charge is 0.370 e. The molecule has 15 heavy (non-hydrogen) atoms. The predicted molar refractivity (Wildman–Crippen MR) is 50.6 cm³/mol. The standard InChI is InChI=1S/C8H11N5O2/c9-6(14)2-1-5-3-13-8(10-4-11-13)12-7(5)15/h4-5H,1-3H2,(H2,9,14)(H,10,11,12,15). The van der Waals surface area contributed by atoms with Gasteiger partial charge in [0.25, 0.3) is 0 Å². The van der Waals surface area contributed by atoms with Gasteiger partial charge in [-0.2, -0.15) is 10.1 Å². The molecule has 0 bridgehead atoms. The monoisotopic (exact) mass is 209 g/mol. The number of anilines is 1. The number of rotatable bonds is 3. The Morgan fingerprint density at radius 3 is 3.27 bits per heavy atom. The number of fused-ring (bicyclic) bond motifs is 1. The maximum Gasteiger partial charge on any atom is 0.231 e. The van der Waals surface area contributed by atoms with Crippen LogP contribution in [0.2, 0.25) is 0 Å². The van der Waals surface area contributed by atoms with Crippen molar-refractivity contribution >= 4 is 17.8 Å². The van der Waals surface area contributed by atoms with E-state index in [-0.39, 0.29) is 18.2 Å². The fourth-order valence-electron chi connectivity index (χ4n) is 1.54. The summed E-state index contributed by atoms with van der Waals surface area (Å²) in [5, 5.41) is 6.56. The third-order valence-electron chi connectivity index (χ3n) is 2.35. The zero-order valence-corrected chi connectivity index (χ0v) is 8.01. The molecule has 2 amide bonds. The van der Waals surface area contributed by atoms with Gasteiger partial charge in [-0.05, 0) is 6.42 Å². The number of nitrogens with one attached hydrogen (secondary N) is 1. The van der Waals surface area contributed by atoms with Gasteiger partial charge in [0.1, 0.15) is 6.33 Å². The molecule has 1 aliphatic heterocycles. The van der Waals surface area contributed by atoms with Crippen LogP contribution in [0.5, 0.6) is 0 Å². The Balaban J connectivity index is 2.04. The molecule has 1 aromatic rings. The Bertz CT molecular complexity index is 399. The molecule has 2 rings (SSSR count). The molecule has 0 fully saturated rings. The molecule has 0 aromatic carbocycles. The molecule has 0 aliphatic carbocycles. The van der Waals surface area contributed by atoms with Gasteiger partial charge in [-0.15, -0.1) is 0 Å². The highest BCUT2D eigenvalue weighted by Crippen LogP contribution is 2.18. The summed E-state index contributed by atoms with van der Waals surface area (Å²) in [4.78, 5) is 26.0. The van der Waals surface area contributed by atoms with Crippen molar-refractivity contribution < 1.29 is 9.59 Å². The Kier molecular flexibility index (Phi) is 2.36. The molecule has 1 aromatic heterocycles. The molecule has 3 N–H and O–H groups in total. The van der Waals surface area contributed by atoms with Crippen molar-refractivity contribution in [3.63, 3.8) is 0 Å². The van der Waals surface area contributed by atoms with E-state index in [2.05, 4.69) is 15.4 Å². The first-order valence-electron chi connectivity index (χ1n) is 4.64. The molecule has 7 nitrogen and oxygen atoms in total. The topological polar surface area (TPSA) is 103 Å². The molecule has 1 atom stereocenters. The minimum Gasteiger partial charge on any atom is -0.370 e. The molecule has 7 heteroatoms. The second kappa shape index (κ2) is 3.68. The van der Waals surface area contributed by atoms with Crippen molar-refractivity contribution in [1.82, 2.24) is 14.8 Å². The SMILES string of the molecule is NC(=O)CCC1Cn2ncnc2NC1=O. The fourth-order valence-corrected chi connectivity index (χ4v) is 1.54. The van der Waals surface area contributed by atoms with Gasteiger partial charge in [-0.25, -0.2) is 4.68 Å². The number of carbonyl (C=O) groups is 2. The van der Waals surface area contributed by atoms with Gasteiger partial charge < -0.3 is 5.73 Å². The minimum atomic E-state index is -0.396. The van der Waals surface area contributed by atoms with Crippen LogP contribution in [0, 0.1) is 5.92 Å². The van der Waals surface area contributed by atoms with E-state index in [1.807, 2.05) is 0 Å². The average Bonchev–Trinajstić information content (AvgIpc) is 2.60. The molecule has 2 heterocycles. The van der Waals surface area contributed by atoms with E-state index in [0.29, 0.717) is 18.9 Å². The Morgan fingerprint density at radius 1 is 1.73 bits per heavy atom. The maximum absolute atomic E-state index is 11.5. The molecule has 80 valence electrons. The van der Waals surface area contributed by atoms with Crippen LogP contribution >= 0.6 is 0 Å². The first kappa shape index (κ1) is 9.63. The van der Waals surface area contributed by atoms with Crippen LogP contribution in [-0.2, 0) is 16.1 Å². The number of amides is 2. The average molecular weight is 209 g/mol. The van der Waals surface area contributed by atoms with Crippen LogP contribution in [0.4, 0.5) is 5.95 Å². The van der Waals surface area contributed by atoms with E-state index in [9.17, 15) is 9.59 Å². The fraction of sp³-hybridized carbons (Fsp3) is 0.500. The van der Waals surface area contributed by atoms with Gasteiger partial charge >= 0.3 is 0 Å². The van der Waals surface area contributed by atoms with Crippen molar-refractivity contribution in [1.29, 1.82) is 0 Å². The van der Waals surface area contributed by atoms with E-state index in [1.165, 1.54) is 6.33 Å². The molecule has 0 spiro atoms. The number of carbonyl (C=O) groups excluding carboxylic acids is 2. The van der Waals surface area contributed by atoms with Crippen LogP contribution in [0.3, 0.4) is 0 Å². The smallest absolute Gasteiger partial charge is 0.231 e. The third-order valence-corrected chi connectivity index (χ3v) is 2.35. The lowest BCUT2D eigenvalue weighted by atomic mass is 10.0. The highest BCUT2D eigenvalue weighted by molar-refractivity contribution is 5.92. The summed E-state index contributed by atoms with van der Waals surface area (Å²) >= 11 is 0. The molecule has 0 saturated carbocycles. The van der Waals surface area contributed by atoms with Crippen molar-refractivity contribution in [2.24, 2.45) is 11.7 Å². The summed E-state index contributed by atoms with van der Waals surface area (Å²) < 4.78 is 1.60. The van der Waals surface area contributed by atoms with Crippen LogP contribution in [0.1, 0.15) is 12.8 Å². The first-order chi connectivity index (χ1) is 7.16. The molecular weight excluding hydrogens is 198 g/mol. The zero-order valence-electron chi connectivity index (χ0n) is 8.01. The van der Waals surface area contributed by atoms with E-state index in [0.717, 1.165) is 0 Å². The summed E-state index contributed by atoms with van der Waals surface area (Å²) in [7, 11) is 0. The van der Waals surface area contributed by atoms with E-state index < -0.39 is 5.91 Å². The van der Waals surface area contributed by atoms with Crippen LogP contribution < -0.4 is 11.1 Å². The predicted octanol–water partition coefficient (Wildman–Crippen LogP) is -0.888. The summed E-state index contributed by atoms with van der Waals surface area (Å²) in [6, 6.07) is 0. The molecule has 0 radical (unpaired) electrons. The zero-order chi connectivity index (χ0) is 10.8. The Morgan fingerprint density at radius 2 is 2.53 bits per heavy atom. The summed E-state index contributed by atoms with van der Waals surface area (Å²) in [5.41, 5.74) is 5.02. The Hall–Kier alpha value is -1.92. The number of nitrogens with two attached hydrogens (primary N) is 1. The maximum atomic E-state index is 11.5. The Labute approximate surface area is 85.7 Å². The second-order valence-corrected chi connectivity index (χ2v) is 3.46. The van der Waals surface area contributed by atoms with E-state index in [4.69, 9.17) is 5.73 Å². The van der Waals surface area contributed by atoms with Gasteiger partial charge in [0.2, 0.25) is 17.8 Å². The van der Waals surface area contributed by atoms with Crippen molar-refractivity contribution in [2.75, 3.05) is 5.32 Å². The summed E-state index contributed by atoms with van der Waals surface area (Å²) in [5.74, 6) is -0.328. The second-order valence-electron chi connectivity index (χ2n) is 3.46.